The Labute approximate surface area is 91.6 Å². The van der Waals surface area contributed by atoms with Gasteiger partial charge < -0.3 is 16.0 Å². The van der Waals surface area contributed by atoms with Crippen molar-refractivity contribution in [1.82, 2.24) is 9.71 Å². The molecule has 0 fully saturated rings. The number of anilines is 1. The number of aliphatic hydroxyl groups excluding tert-OH is 1. The van der Waals surface area contributed by atoms with Gasteiger partial charge in [-0.1, -0.05) is 11.6 Å². The second-order valence-corrected chi connectivity index (χ2v) is 3.31. The molecule has 15 heavy (non-hydrogen) atoms. The largest absolute Gasteiger partial charge is 0.423 e. The Kier molecular flexibility index (Phi) is 4.38. The summed E-state index contributed by atoms with van der Waals surface area (Å²) in [4.78, 5) is 7.70. The van der Waals surface area contributed by atoms with Crippen molar-refractivity contribution in [3.63, 3.8) is 0 Å². The Morgan fingerprint density at radius 1 is 1.53 bits per heavy atom. The third kappa shape index (κ3) is 3.41. The van der Waals surface area contributed by atoms with Gasteiger partial charge in [0.15, 0.2) is 5.49 Å². The van der Waals surface area contributed by atoms with E-state index in [0.717, 1.165) is 6.42 Å². The summed E-state index contributed by atoms with van der Waals surface area (Å²) in [7, 11) is 0. The molecule has 0 spiro atoms. The number of unbranched alkanes of at least 4 members (excludes halogenated alkanes) is 1. The Hall–Kier alpha value is -1.27. The number of hydrogen-bond acceptors (Lipinski definition) is 5. The van der Waals surface area contributed by atoms with E-state index in [1.807, 2.05) is 0 Å². The van der Waals surface area contributed by atoms with Crippen molar-refractivity contribution in [2.45, 2.75) is 12.8 Å². The molecule has 0 unspecified atom stereocenters. The lowest BCUT2D eigenvalue weighted by Gasteiger charge is -2.02. The second kappa shape index (κ2) is 5.57. The van der Waals surface area contributed by atoms with Gasteiger partial charge in [-0.05, 0) is 12.8 Å². The van der Waals surface area contributed by atoms with Crippen LogP contribution in [0.2, 0.25) is 5.15 Å². The second-order valence-electron chi connectivity index (χ2n) is 2.92. The molecule has 0 bridgehead atoms. The van der Waals surface area contributed by atoms with Crippen molar-refractivity contribution >= 4 is 17.5 Å². The fourth-order valence-electron chi connectivity index (χ4n) is 1.00. The van der Waals surface area contributed by atoms with Gasteiger partial charge in [-0.2, -0.15) is 0 Å². The minimum Gasteiger partial charge on any atom is -0.423 e. The van der Waals surface area contributed by atoms with Crippen LogP contribution in [-0.4, -0.2) is 33.2 Å². The zero-order chi connectivity index (χ0) is 11.3. The van der Waals surface area contributed by atoms with Crippen LogP contribution in [0.3, 0.4) is 0 Å². The quantitative estimate of drug-likeness (QED) is 0.388. The Balaban J connectivity index is 2.83. The van der Waals surface area contributed by atoms with Crippen molar-refractivity contribution in [3.8, 4) is 0 Å². The van der Waals surface area contributed by atoms with Crippen LogP contribution in [-0.2, 0) is 0 Å². The lowest BCUT2D eigenvalue weighted by Crippen LogP contribution is -2.23. The molecule has 0 aromatic carbocycles. The number of rotatable bonds is 4. The molecule has 0 radical (unpaired) electrons. The molecule has 0 aliphatic rings. The van der Waals surface area contributed by atoms with Gasteiger partial charge in [0.25, 0.3) is 0 Å². The first-order valence-corrected chi connectivity index (χ1v) is 4.88. The molecule has 0 aliphatic heterocycles. The minimum absolute atomic E-state index is 0.108. The summed E-state index contributed by atoms with van der Waals surface area (Å²) >= 11 is 5.65. The predicted molar refractivity (Wildman–Crippen MR) is 55.6 cm³/mol. The average Bonchev–Trinajstić information content (AvgIpc) is 2.19. The Morgan fingerprint density at radius 3 is 2.93 bits per heavy atom. The molecule has 0 aliphatic carbocycles. The van der Waals surface area contributed by atoms with Gasteiger partial charge in [-0.15, -0.1) is 4.73 Å². The van der Waals surface area contributed by atoms with E-state index in [9.17, 15) is 5.21 Å². The van der Waals surface area contributed by atoms with Crippen molar-refractivity contribution in [3.05, 3.63) is 16.7 Å². The number of aromatic nitrogens is 2. The highest BCUT2D eigenvalue weighted by Gasteiger charge is 2.00. The lowest BCUT2D eigenvalue weighted by atomic mass is 10.3. The van der Waals surface area contributed by atoms with Gasteiger partial charge in [0.05, 0.1) is 0 Å². The number of nitrogens with zero attached hydrogens (tertiary/aromatic N) is 3. The van der Waals surface area contributed by atoms with Crippen LogP contribution in [0.15, 0.2) is 11.1 Å². The Bertz CT molecular complexity index is 391. The molecule has 1 heterocycles. The van der Waals surface area contributed by atoms with Crippen molar-refractivity contribution in [2.24, 2.45) is 4.99 Å². The van der Waals surface area contributed by atoms with Crippen LogP contribution in [0.1, 0.15) is 12.8 Å². The summed E-state index contributed by atoms with van der Waals surface area (Å²) in [6, 6.07) is 1.41. The first-order chi connectivity index (χ1) is 7.15. The zero-order valence-electron chi connectivity index (χ0n) is 8.10. The normalized spacial score (nSPS) is 12.0. The number of hydrogen-bond donors (Lipinski definition) is 3. The first kappa shape index (κ1) is 11.8. The van der Waals surface area contributed by atoms with E-state index in [2.05, 4.69) is 9.98 Å². The maximum Gasteiger partial charge on any atom is 0.237 e. The standard InChI is InChI=1S/C8H13ClN4O2/c9-6-5-7(11-3-1-2-4-14)13(15)8(10)12-6/h5,14-15H,1-4H2,(H2,10,12). The van der Waals surface area contributed by atoms with Crippen LogP contribution >= 0.6 is 11.6 Å². The molecular formula is C8H13ClN4O2. The number of halogens is 1. The molecule has 0 saturated carbocycles. The fraction of sp³-hybridized carbons (Fsp3) is 0.500. The number of nitrogen functional groups attached to an aromatic ring is 1. The summed E-state index contributed by atoms with van der Waals surface area (Å²) in [6.45, 7) is 0.620. The summed E-state index contributed by atoms with van der Waals surface area (Å²) in [5, 5.41) is 18.1. The maximum atomic E-state index is 9.41. The molecule has 1 aromatic rings. The van der Waals surface area contributed by atoms with Crippen LogP contribution < -0.4 is 11.2 Å². The third-order valence-corrected chi connectivity index (χ3v) is 1.94. The minimum atomic E-state index is -0.108. The molecular weight excluding hydrogens is 220 g/mol. The molecule has 0 saturated heterocycles. The lowest BCUT2D eigenvalue weighted by molar-refractivity contribution is 0.175. The van der Waals surface area contributed by atoms with Crippen molar-refractivity contribution in [2.75, 3.05) is 18.9 Å². The first-order valence-electron chi connectivity index (χ1n) is 4.51. The van der Waals surface area contributed by atoms with Gasteiger partial charge in [-0.25, -0.2) is 4.98 Å². The van der Waals surface area contributed by atoms with E-state index in [0.29, 0.717) is 17.7 Å². The molecule has 84 valence electrons. The SMILES string of the molecule is Nc1nc(Cl)cc(=NCCCCO)n1O. The van der Waals surface area contributed by atoms with Crippen LogP contribution in [0, 0.1) is 0 Å². The van der Waals surface area contributed by atoms with Gasteiger partial charge >= 0.3 is 0 Å². The van der Waals surface area contributed by atoms with Crippen molar-refractivity contribution < 1.29 is 10.3 Å². The highest BCUT2D eigenvalue weighted by Crippen LogP contribution is 2.01. The molecule has 7 heteroatoms. The van der Waals surface area contributed by atoms with E-state index in [-0.39, 0.29) is 23.2 Å². The van der Waals surface area contributed by atoms with E-state index in [1.165, 1.54) is 6.07 Å². The molecule has 1 aromatic heterocycles. The molecule has 0 amide bonds. The third-order valence-electron chi connectivity index (χ3n) is 1.74. The summed E-state index contributed by atoms with van der Waals surface area (Å²) in [6.07, 6.45) is 1.40. The highest BCUT2D eigenvalue weighted by atomic mass is 35.5. The van der Waals surface area contributed by atoms with E-state index in [1.54, 1.807) is 0 Å². The Morgan fingerprint density at radius 2 is 2.27 bits per heavy atom. The van der Waals surface area contributed by atoms with E-state index < -0.39 is 0 Å². The maximum absolute atomic E-state index is 9.41. The fourth-order valence-corrected chi connectivity index (χ4v) is 1.19. The van der Waals surface area contributed by atoms with Crippen LogP contribution in [0.25, 0.3) is 0 Å². The number of nitrogens with two attached hydrogens (primary N) is 1. The molecule has 1 rings (SSSR count). The van der Waals surface area contributed by atoms with Gasteiger partial charge in [-0.3, -0.25) is 4.99 Å². The van der Waals surface area contributed by atoms with Crippen LogP contribution in [0.5, 0.6) is 0 Å². The molecule has 6 nitrogen and oxygen atoms in total. The molecule has 0 atom stereocenters. The number of aliphatic hydroxyl groups is 1. The highest BCUT2D eigenvalue weighted by molar-refractivity contribution is 6.29. The van der Waals surface area contributed by atoms with Gasteiger partial charge in [0.1, 0.15) is 5.15 Å². The van der Waals surface area contributed by atoms with Crippen molar-refractivity contribution in [1.29, 1.82) is 0 Å². The zero-order valence-corrected chi connectivity index (χ0v) is 8.85. The van der Waals surface area contributed by atoms with E-state index >= 15 is 0 Å². The summed E-state index contributed by atoms with van der Waals surface area (Å²) in [5.41, 5.74) is 5.62. The topological polar surface area (TPSA) is 96.7 Å². The summed E-state index contributed by atoms with van der Waals surface area (Å²) in [5.74, 6) is -0.108. The van der Waals surface area contributed by atoms with Gasteiger partial charge in [0, 0.05) is 19.2 Å². The predicted octanol–water partition coefficient (Wildman–Crippen LogP) is 0.0292. The molecule has 4 N–H and O–H groups in total. The smallest absolute Gasteiger partial charge is 0.237 e. The van der Waals surface area contributed by atoms with Crippen LogP contribution in [0.4, 0.5) is 5.95 Å². The monoisotopic (exact) mass is 232 g/mol. The average molecular weight is 233 g/mol. The van der Waals surface area contributed by atoms with Gasteiger partial charge in [0.2, 0.25) is 5.95 Å². The van der Waals surface area contributed by atoms with E-state index in [4.69, 9.17) is 22.4 Å². The summed E-state index contributed by atoms with van der Waals surface area (Å²) < 4.78 is 0.671.